The van der Waals surface area contributed by atoms with Gasteiger partial charge in [-0.05, 0) is 97.5 Å². The Hall–Kier alpha value is -5.18. The van der Waals surface area contributed by atoms with Crippen molar-refractivity contribution in [3.8, 4) is 33.8 Å². The highest BCUT2D eigenvalue weighted by Gasteiger charge is 2.34. The largest absolute Gasteiger partial charge is 0.508 e. The molecule has 3 aromatic heterocycles. The van der Waals surface area contributed by atoms with Crippen LogP contribution in [-0.2, 0) is 12.8 Å². The summed E-state index contributed by atoms with van der Waals surface area (Å²) in [5.74, 6) is 0.246. The topological polar surface area (TPSA) is 138 Å². The maximum Gasteiger partial charge on any atom is 0.128 e. The molecular formula is C58H76N4O4. The molecule has 0 saturated heterocycles. The zero-order valence-electron chi connectivity index (χ0n) is 39.9. The molecule has 0 saturated carbocycles. The third kappa shape index (κ3) is 12.8. The van der Waals surface area contributed by atoms with Crippen LogP contribution in [0.4, 0.5) is 0 Å². The molecule has 0 fully saturated rings. The van der Waals surface area contributed by atoms with E-state index in [9.17, 15) is 20.4 Å². The van der Waals surface area contributed by atoms with Gasteiger partial charge in [-0.25, -0.2) is 4.98 Å². The number of phenolic OH excluding ortho intramolecular Hbond substituents is 2. The Balaban J connectivity index is 1.31. The Morgan fingerprint density at radius 2 is 0.818 bits per heavy atom. The average molecular weight is 893 g/mol. The van der Waals surface area contributed by atoms with Crippen molar-refractivity contribution in [2.75, 3.05) is 0 Å². The molecule has 8 heteroatoms. The summed E-state index contributed by atoms with van der Waals surface area (Å²) in [5.41, 5.74) is 10.7. The van der Waals surface area contributed by atoms with Crippen LogP contribution in [0.2, 0.25) is 0 Å². The molecule has 8 nitrogen and oxygen atoms in total. The number of aryl methyl sites for hydroxylation is 1. The summed E-state index contributed by atoms with van der Waals surface area (Å²) < 4.78 is 0. The van der Waals surface area contributed by atoms with Gasteiger partial charge in [-0.15, -0.1) is 0 Å². The maximum atomic E-state index is 12.0. The Labute approximate surface area is 393 Å². The highest BCUT2D eigenvalue weighted by Crippen LogP contribution is 2.42. The number of aromatic nitrogens is 4. The number of unbranched alkanes of at least 4 members (excludes halogenated alkanes) is 20. The van der Waals surface area contributed by atoms with Crippen molar-refractivity contribution >= 4 is 34.2 Å². The van der Waals surface area contributed by atoms with Gasteiger partial charge >= 0.3 is 0 Å². The number of aliphatic hydroxyl groups excluding tert-OH is 2. The predicted octanol–water partition coefficient (Wildman–Crippen LogP) is 15.7. The van der Waals surface area contributed by atoms with E-state index in [1.54, 1.807) is 30.3 Å². The number of phenols is 2. The lowest BCUT2D eigenvalue weighted by atomic mass is 9.97. The van der Waals surface area contributed by atoms with Crippen LogP contribution in [0.3, 0.4) is 0 Å². The van der Waals surface area contributed by atoms with E-state index in [1.807, 2.05) is 30.3 Å². The summed E-state index contributed by atoms with van der Waals surface area (Å²) in [5, 5.41) is 45.5. The molecule has 7 rings (SSSR count). The van der Waals surface area contributed by atoms with E-state index in [1.165, 1.54) is 109 Å². The third-order valence-electron chi connectivity index (χ3n) is 13.8. The molecule has 2 aliphatic rings. The first-order valence-electron chi connectivity index (χ1n) is 25.8. The average Bonchev–Trinajstić information content (AvgIpc) is 4.15. The Bertz CT molecular complexity index is 2520. The number of rotatable bonds is 26. The van der Waals surface area contributed by atoms with Gasteiger partial charge in [0.25, 0.3) is 0 Å². The minimum atomic E-state index is -1.32. The van der Waals surface area contributed by atoms with Gasteiger partial charge in [0, 0.05) is 44.3 Å². The highest BCUT2D eigenvalue weighted by atomic mass is 16.3. The molecule has 2 aliphatic heterocycles. The lowest BCUT2D eigenvalue weighted by Gasteiger charge is -2.13. The molecule has 0 amide bonds. The number of nitrogens with one attached hydrogen (secondary N) is 2. The van der Waals surface area contributed by atoms with Crippen molar-refractivity contribution in [2.45, 2.75) is 180 Å². The van der Waals surface area contributed by atoms with Gasteiger partial charge in [0.1, 0.15) is 23.7 Å². The van der Waals surface area contributed by atoms with E-state index >= 15 is 0 Å². The Morgan fingerprint density at radius 3 is 1.32 bits per heavy atom. The highest BCUT2D eigenvalue weighted by molar-refractivity contribution is 5.96. The van der Waals surface area contributed by atoms with Crippen LogP contribution in [0.15, 0.2) is 72.8 Å². The van der Waals surface area contributed by atoms with E-state index in [0.29, 0.717) is 34.5 Å². The van der Waals surface area contributed by atoms with E-state index in [4.69, 9.17) is 9.97 Å². The number of benzene rings is 2. The van der Waals surface area contributed by atoms with E-state index in [2.05, 4.69) is 48.1 Å². The number of hydrogen-bond donors (Lipinski definition) is 6. The van der Waals surface area contributed by atoms with Crippen molar-refractivity contribution in [3.05, 3.63) is 107 Å². The molecule has 2 aromatic carbocycles. The fourth-order valence-corrected chi connectivity index (χ4v) is 10.1. The van der Waals surface area contributed by atoms with Crippen LogP contribution in [0.25, 0.3) is 56.5 Å². The Kier molecular flexibility index (Phi) is 18.5. The van der Waals surface area contributed by atoms with Gasteiger partial charge in [-0.2, -0.15) is 0 Å². The maximum absolute atomic E-state index is 12.0. The summed E-state index contributed by atoms with van der Waals surface area (Å²) in [6.45, 7) is 4.54. The van der Waals surface area contributed by atoms with E-state index in [-0.39, 0.29) is 11.5 Å². The van der Waals surface area contributed by atoms with Gasteiger partial charge in [0.15, 0.2) is 0 Å². The van der Waals surface area contributed by atoms with Crippen molar-refractivity contribution in [3.63, 3.8) is 0 Å². The molecule has 66 heavy (non-hydrogen) atoms. The van der Waals surface area contributed by atoms with Gasteiger partial charge in [0.2, 0.25) is 0 Å². The minimum absolute atomic E-state index is 0.0835. The first-order valence-corrected chi connectivity index (χ1v) is 25.8. The summed E-state index contributed by atoms with van der Waals surface area (Å²) in [6, 6.07) is 22.5. The predicted molar refractivity (Wildman–Crippen MR) is 274 cm³/mol. The summed E-state index contributed by atoms with van der Waals surface area (Å²) in [7, 11) is 0. The number of nitrogens with zero attached hydrogens (tertiary/aromatic N) is 2. The molecule has 5 aromatic rings. The van der Waals surface area contributed by atoms with Crippen LogP contribution in [-0.4, -0.2) is 40.4 Å². The SMILES string of the molecule is CCCCCCCCCCCCCc1c2nc(c(CCCCCCCCCCCCC)c3ccc([nH]3)c(-c3cccc(O)c3)c3ccc([nH]3)c(-c3cccc(O)c3)c3nc1C(O)C3O)C=C2. The standard InChI is InChI=1S/C58H76N4O4/c1-3-5-7-9-11-13-15-17-19-21-23-31-45-47-33-34-49(59-47)46(32-24-22-20-18-16-14-12-10-8-6-4-2)55-57(65)58(66)56(62-55)54(42-28-26-30-44(64)40-42)52-38-37-51(61-52)53(50-36-35-48(45)60-50)41-27-25-29-43(63)39-41/h25-30,33-40,57-58,60-61,63-66H,3-24,31-32H2,1-2H3. The van der Waals surface area contributed by atoms with Crippen LogP contribution in [0.1, 0.15) is 201 Å². The molecule has 8 bridgehead atoms. The number of H-pyrrole nitrogens is 2. The van der Waals surface area contributed by atoms with Gasteiger partial charge in [0.05, 0.1) is 22.8 Å². The molecule has 2 unspecified atom stereocenters. The quantitative estimate of drug-likeness (QED) is 0.0300. The molecule has 0 spiro atoms. The van der Waals surface area contributed by atoms with Crippen molar-refractivity contribution < 1.29 is 20.4 Å². The molecule has 0 radical (unpaired) electrons. The monoisotopic (exact) mass is 893 g/mol. The molecule has 5 heterocycles. The second kappa shape index (κ2) is 25.1. The minimum Gasteiger partial charge on any atom is -0.508 e. The van der Waals surface area contributed by atoms with Gasteiger partial charge in [-0.3, -0.25) is 4.98 Å². The van der Waals surface area contributed by atoms with Crippen LogP contribution in [0, 0.1) is 0 Å². The van der Waals surface area contributed by atoms with Crippen molar-refractivity contribution in [2.24, 2.45) is 0 Å². The molecule has 2 atom stereocenters. The smallest absolute Gasteiger partial charge is 0.128 e. The molecular weight excluding hydrogens is 817 g/mol. The van der Waals surface area contributed by atoms with Crippen LogP contribution in [0.5, 0.6) is 11.5 Å². The van der Waals surface area contributed by atoms with E-state index in [0.717, 1.165) is 88.7 Å². The zero-order valence-corrected chi connectivity index (χ0v) is 39.9. The van der Waals surface area contributed by atoms with Crippen molar-refractivity contribution in [1.29, 1.82) is 0 Å². The normalized spacial score (nSPS) is 14.7. The summed E-state index contributed by atoms with van der Waals surface area (Å²) in [6.07, 6.45) is 30.8. The summed E-state index contributed by atoms with van der Waals surface area (Å²) in [4.78, 5) is 18.0. The second-order valence-electron chi connectivity index (χ2n) is 18.9. The number of hydrogen-bond acceptors (Lipinski definition) is 6. The second-order valence-corrected chi connectivity index (χ2v) is 18.9. The van der Waals surface area contributed by atoms with Crippen LogP contribution >= 0.6 is 0 Å². The first-order chi connectivity index (χ1) is 32.4. The number of aromatic amines is 2. The summed E-state index contributed by atoms with van der Waals surface area (Å²) >= 11 is 0. The Morgan fingerprint density at radius 1 is 0.424 bits per heavy atom. The van der Waals surface area contributed by atoms with Crippen molar-refractivity contribution in [1.82, 2.24) is 19.9 Å². The van der Waals surface area contributed by atoms with Gasteiger partial charge < -0.3 is 30.4 Å². The molecule has 352 valence electrons. The zero-order chi connectivity index (χ0) is 46.1. The fraction of sp³-hybridized carbons (Fsp3) is 0.483. The first kappa shape index (κ1) is 48.7. The number of aromatic hydroxyl groups is 2. The third-order valence-corrected chi connectivity index (χ3v) is 13.8. The lowest BCUT2D eigenvalue weighted by Crippen LogP contribution is -2.07. The fourth-order valence-electron chi connectivity index (χ4n) is 10.1. The van der Waals surface area contributed by atoms with Gasteiger partial charge in [-0.1, -0.05) is 167 Å². The number of aliphatic hydroxyl groups is 2. The number of fused-ring (bicyclic) bond motifs is 8. The molecule has 6 N–H and O–H groups in total. The lowest BCUT2D eigenvalue weighted by molar-refractivity contribution is 0.0251. The van der Waals surface area contributed by atoms with Crippen LogP contribution < -0.4 is 0 Å². The molecule has 0 aliphatic carbocycles. The van der Waals surface area contributed by atoms with E-state index < -0.39 is 12.2 Å².